The van der Waals surface area contributed by atoms with E-state index in [0.717, 1.165) is 10.9 Å². The number of H-pyrrole nitrogens is 1. The number of hydrogen-bond acceptors (Lipinski definition) is 4. The molecular formula is C18H23ClN4O3. The van der Waals surface area contributed by atoms with E-state index in [1.807, 2.05) is 29.2 Å². The predicted octanol–water partition coefficient (Wildman–Crippen LogP) is 1.34. The van der Waals surface area contributed by atoms with Gasteiger partial charge in [0.15, 0.2) is 0 Å². The lowest BCUT2D eigenvalue weighted by Crippen LogP contribution is -2.51. The second-order valence-corrected chi connectivity index (χ2v) is 6.76. The van der Waals surface area contributed by atoms with Crippen molar-refractivity contribution < 1.29 is 14.3 Å². The number of fused-ring (bicyclic) bond motifs is 1. The summed E-state index contributed by atoms with van der Waals surface area (Å²) in [6, 6.07) is 7.37. The van der Waals surface area contributed by atoms with Crippen molar-refractivity contribution in [2.75, 3.05) is 53.0 Å². The first-order valence-corrected chi connectivity index (χ1v) is 9.00. The van der Waals surface area contributed by atoms with Crippen molar-refractivity contribution in [3.8, 4) is 0 Å². The van der Waals surface area contributed by atoms with Gasteiger partial charge in [-0.15, -0.1) is 0 Å². The third kappa shape index (κ3) is 4.55. The van der Waals surface area contributed by atoms with Gasteiger partial charge < -0.3 is 19.9 Å². The van der Waals surface area contributed by atoms with Crippen molar-refractivity contribution in [1.82, 2.24) is 20.1 Å². The lowest BCUT2D eigenvalue weighted by molar-refractivity contribution is -0.122. The summed E-state index contributed by atoms with van der Waals surface area (Å²) in [4.78, 5) is 31.6. The Balaban J connectivity index is 1.52. The molecule has 0 spiro atoms. The molecule has 0 saturated carbocycles. The van der Waals surface area contributed by atoms with Crippen molar-refractivity contribution in [2.45, 2.75) is 0 Å². The Labute approximate surface area is 157 Å². The number of nitrogens with zero attached hydrogens (tertiary/aromatic N) is 2. The molecule has 0 radical (unpaired) electrons. The number of halogens is 1. The molecule has 26 heavy (non-hydrogen) atoms. The molecule has 3 rings (SSSR count). The van der Waals surface area contributed by atoms with Crippen LogP contribution in [0.25, 0.3) is 10.9 Å². The quantitative estimate of drug-likeness (QED) is 0.744. The zero-order valence-electron chi connectivity index (χ0n) is 14.8. The minimum Gasteiger partial charge on any atom is -0.383 e. The normalized spacial score (nSPS) is 15.4. The van der Waals surface area contributed by atoms with Gasteiger partial charge in [-0.1, -0.05) is 17.7 Å². The Morgan fingerprint density at radius 3 is 2.73 bits per heavy atom. The third-order valence-corrected chi connectivity index (χ3v) is 4.71. The molecule has 1 fully saturated rings. The first-order valence-electron chi connectivity index (χ1n) is 8.62. The average Bonchev–Trinajstić information content (AvgIpc) is 3.05. The summed E-state index contributed by atoms with van der Waals surface area (Å²) in [7, 11) is 1.60. The van der Waals surface area contributed by atoms with Crippen molar-refractivity contribution in [3.05, 3.63) is 35.0 Å². The number of benzene rings is 1. The summed E-state index contributed by atoms with van der Waals surface area (Å²) in [5.74, 6) is -0.0455. The Bertz CT molecular complexity index is 784. The zero-order chi connectivity index (χ0) is 18.5. The van der Waals surface area contributed by atoms with E-state index in [4.69, 9.17) is 16.3 Å². The van der Waals surface area contributed by atoms with Gasteiger partial charge in [-0.3, -0.25) is 14.5 Å². The van der Waals surface area contributed by atoms with E-state index in [9.17, 15) is 9.59 Å². The predicted molar refractivity (Wildman–Crippen MR) is 101 cm³/mol. The van der Waals surface area contributed by atoms with Crippen LogP contribution >= 0.6 is 11.6 Å². The zero-order valence-corrected chi connectivity index (χ0v) is 15.5. The lowest BCUT2D eigenvalue weighted by atomic mass is 10.2. The van der Waals surface area contributed by atoms with Crippen LogP contribution in [0.4, 0.5) is 0 Å². The highest BCUT2D eigenvalue weighted by Gasteiger charge is 2.24. The molecule has 1 aliphatic heterocycles. The van der Waals surface area contributed by atoms with Crippen LogP contribution in [0.1, 0.15) is 10.5 Å². The molecule has 140 valence electrons. The summed E-state index contributed by atoms with van der Waals surface area (Å²) < 4.78 is 4.91. The highest BCUT2D eigenvalue weighted by atomic mass is 35.5. The van der Waals surface area contributed by atoms with Crippen LogP contribution in [-0.4, -0.2) is 79.6 Å². The smallest absolute Gasteiger partial charge is 0.270 e. The number of hydrogen-bond donors (Lipinski definition) is 2. The summed E-state index contributed by atoms with van der Waals surface area (Å²) in [6.45, 7) is 3.91. The fourth-order valence-electron chi connectivity index (χ4n) is 3.05. The lowest BCUT2D eigenvalue weighted by Gasteiger charge is -2.34. The topological polar surface area (TPSA) is 77.7 Å². The molecule has 1 aromatic carbocycles. The number of ether oxygens (including phenoxy) is 1. The third-order valence-electron chi connectivity index (χ3n) is 4.47. The summed E-state index contributed by atoms with van der Waals surface area (Å²) in [5.41, 5.74) is 1.42. The molecule has 8 heteroatoms. The molecule has 0 atom stereocenters. The van der Waals surface area contributed by atoms with Crippen LogP contribution in [0, 0.1) is 0 Å². The van der Waals surface area contributed by atoms with E-state index in [1.54, 1.807) is 7.11 Å². The highest BCUT2D eigenvalue weighted by Crippen LogP contribution is 2.21. The van der Waals surface area contributed by atoms with E-state index < -0.39 is 0 Å². The number of carbonyl (C=O) groups excluding carboxylic acids is 2. The van der Waals surface area contributed by atoms with E-state index >= 15 is 0 Å². The van der Waals surface area contributed by atoms with E-state index in [1.165, 1.54) is 0 Å². The Morgan fingerprint density at radius 1 is 1.23 bits per heavy atom. The first-order chi connectivity index (χ1) is 12.6. The van der Waals surface area contributed by atoms with Gasteiger partial charge in [-0.25, -0.2) is 0 Å². The number of methoxy groups -OCH3 is 1. The standard InChI is InChI=1S/C18H23ClN4O3/c1-26-9-4-20-17(24)12-22-5-7-23(8-6-22)18(25)16-10-13-2-3-14(19)11-15(13)21-16/h2-3,10-11,21H,4-9,12H2,1H3,(H,20,24). The number of aromatic nitrogens is 1. The monoisotopic (exact) mass is 378 g/mol. The first kappa shape index (κ1) is 18.7. The van der Waals surface area contributed by atoms with Crippen molar-refractivity contribution in [2.24, 2.45) is 0 Å². The van der Waals surface area contributed by atoms with Crippen LogP contribution in [0.5, 0.6) is 0 Å². The number of nitrogens with one attached hydrogen (secondary N) is 2. The van der Waals surface area contributed by atoms with Crippen LogP contribution in [0.3, 0.4) is 0 Å². The minimum atomic E-state index is -0.0264. The maximum atomic E-state index is 12.7. The molecule has 2 N–H and O–H groups in total. The molecule has 1 aliphatic rings. The Morgan fingerprint density at radius 2 is 2.00 bits per heavy atom. The van der Waals surface area contributed by atoms with E-state index in [-0.39, 0.29) is 11.8 Å². The van der Waals surface area contributed by atoms with Gasteiger partial charge in [0.25, 0.3) is 5.91 Å². The molecule has 0 aliphatic carbocycles. The molecular weight excluding hydrogens is 356 g/mol. The number of amides is 2. The summed E-state index contributed by atoms with van der Waals surface area (Å²) in [5, 5.41) is 4.41. The molecule has 0 unspecified atom stereocenters. The van der Waals surface area contributed by atoms with Gasteiger partial charge in [0, 0.05) is 55.8 Å². The Hall–Kier alpha value is -2.09. The number of piperazine rings is 1. The van der Waals surface area contributed by atoms with Crippen LogP contribution in [-0.2, 0) is 9.53 Å². The van der Waals surface area contributed by atoms with E-state index in [2.05, 4.69) is 15.2 Å². The second kappa shape index (κ2) is 8.53. The molecule has 0 bridgehead atoms. The van der Waals surface area contributed by atoms with E-state index in [0.29, 0.717) is 56.6 Å². The van der Waals surface area contributed by atoms with Gasteiger partial charge in [0.2, 0.25) is 5.91 Å². The molecule has 7 nitrogen and oxygen atoms in total. The van der Waals surface area contributed by atoms with Gasteiger partial charge >= 0.3 is 0 Å². The largest absolute Gasteiger partial charge is 0.383 e. The van der Waals surface area contributed by atoms with Crippen molar-refractivity contribution in [3.63, 3.8) is 0 Å². The number of carbonyl (C=O) groups is 2. The number of aromatic amines is 1. The van der Waals surface area contributed by atoms with Crippen LogP contribution < -0.4 is 5.32 Å². The number of rotatable bonds is 6. The van der Waals surface area contributed by atoms with Crippen molar-refractivity contribution >= 4 is 34.3 Å². The van der Waals surface area contributed by atoms with Crippen molar-refractivity contribution in [1.29, 1.82) is 0 Å². The fourth-order valence-corrected chi connectivity index (χ4v) is 3.22. The maximum absolute atomic E-state index is 12.7. The second-order valence-electron chi connectivity index (χ2n) is 6.33. The fraction of sp³-hybridized carbons (Fsp3) is 0.444. The van der Waals surface area contributed by atoms with Gasteiger partial charge in [0.1, 0.15) is 5.69 Å². The van der Waals surface area contributed by atoms with Gasteiger partial charge in [-0.05, 0) is 18.2 Å². The maximum Gasteiger partial charge on any atom is 0.270 e. The van der Waals surface area contributed by atoms with Gasteiger partial charge in [-0.2, -0.15) is 0 Å². The Kier molecular flexibility index (Phi) is 6.13. The molecule has 2 heterocycles. The molecule has 2 amide bonds. The average molecular weight is 379 g/mol. The van der Waals surface area contributed by atoms with Gasteiger partial charge in [0.05, 0.1) is 13.2 Å². The summed E-state index contributed by atoms with van der Waals surface area (Å²) in [6.07, 6.45) is 0. The van der Waals surface area contributed by atoms with Crippen LogP contribution in [0.2, 0.25) is 5.02 Å². The highest BCUT2D eigenvalue weighted by molar-refractivity contribution is 6.31. The summed E-state index contributed by atoms with van der Waals surface area (Å²) >= 11 is 5.99. The van der Waals surface area contributed by atoms with Crippen LogP contribution in [0.15, 0.2) is 24.3 Å². The molecule has 1 aromatic heterocycles. The minimum absolute atomic E-state index is 0.0191. The molecule has 2 aromatic rings. The molecule has 1 saturated heterocycles. The SMILES string of the molecule is COCCNC(=O)CN1CCN(C(=O)c2cc3ccc(Cl)cc3[nH]2)CC1.